The lowest BCUT2D eigenvalue weighted by Crippen LogP contribution is -2.21. The van der Waals surface area contributed by atoms with Crippen molar-refractivity contribution in [1.82, 2.24) is 0 Å². The van der Waals surface area contributed by atoms with Crippen molar-refractivity contribution >= 4 is 33.2 Å². The maximum absolute atomic E-state index is 12.3. The van der Waals surface area contributed by atoms with E-state index >= 15 is 0 Å². The molecule has 0 heterocycles. The number of nitrogens with one attached hydrogen (secondary N) is 1. The third-order valence-electron chi connectivity index (χ3n) is 4.82. The Morgan fingerprint density at radius 1 is 1.14 bits per heavy atom. The first-order valence-corrected chi connectivity index (χ1v) is 11.1. The van der Waals surface area contributed by atoms with Crippen LogP contribution in [0, 0.1) is 0 Å². The zero-order valence-corrected chi connectivity index (χ0v) is 16.9. The fourth-order valence-corrected chi connectivity index (χ4v) is 4.21. The molecule has 6 nitrogen and oxygen atoms in total. The van der Waals surface area contributed by atoms with Gasteiger partial charge in [-0.1, -0.05) is 36.9 Å². The fourth-order valence-electron chi connectivity index (χ4n) is 3.47. The van der Waals surface area contributed by atoms with Gasteiger partial charge in [0.2, 0.25) is 10.0 Å². The van der Waals surface area contributed by atoms with Crippen LogP contribution in [0.2, 0.25) is 5.02 Å². The monoisotopic (exact) mass is 422 g/mol. The van der Waals surface area contributed by atoms with Gasteiger partial charge in [-0.05, 0) is 60.7 Å². The molecule has 1 aliphatic carbocycles. The summed E-state index contributed by atoms with van der Waals surface area (Å²) in [6, 6.07) is 11.2. The van der Waals surface area contributed by atoms with Crippen molar-refractivity contribution in [3.63, 3.8) is 0 Å². The van der Waals surface area contributed by atoms with Gasteiger partial charge in [-0.25, -0.2) is 13.6 Å². The Bertz CT molecular complexity index is 956. The molecule has 0 atom stereocenters. The Morgan fingerprint density at radius 2 is 1.89 bits per heavy atom. The number of carbonyl (C=O) groups excluding carboxylic acids is 1. The zero-order chi connectivity index (χ0) is 20.1. The average Bonchev–Trinajstić information content (AvgIpc) is 2.67. The van der Waals surface area contributed by atoms with Gasteiger partial charge in [0.05, 0.1) is 4.90 Å². The molecule has 0 unspecified atom stereocenters. The molecule has 2 aromatic carbocycles. The molecule has 0 aliphatic heterocycles. The summed E-state index contributed by atoms with van der Waals surface area (Å²) in [5, 5.41) is 8.39. The molecule has 3 N–H and O–H groups in total. The second kappa shape index (κ2) is 8.94. The van der Waals surface area contributed by atoms with Crippen molar-refractivity contribution < 1.29 is 17.9 Å². The molecule has 0 saturated heterocycles. The van der Waals surface area contributed by atoms with Crippen LogP contribution in [0.5, 0.6) is 5.75 Å². The topological polar surface area (TPSA) is 98.5 Å². The lowest BCUT2D eigenvalue weighted by atomic mass is 9.84. The van der Waals surface area contributed by atoms with Crippen LogP contribution < -0.4 is 15.2 Å². The van der Waals surface area contributed by atoms with Crippen LogP contribution in [0.4, 0.5) is 5.69 Å². The van der Waals surface area contributed by atoms with Crippen molar-refractivity contribution in [2.24, 2.45) is 5.14 Å². The van der Waals surface area contributed by atoms with Crippen LogP contribution in [-0.4, -0.2) is 20.9 Å². The molecule has 1 aliphatic rings. The number of halogens is 1. The summed E-state index contributed by atoms with van der Waals surface area (Å²) < 4.78 is 28.6. The molecule has 2 aromatic rings. The summed E-state index contributed by atoms with van der Waals surface area (Å²) in [7, 11) is -3.83. The van der Waals surface area contributed by atoms with Gasteiger partial charge in [0.15, 0.2) is 6.61 Å². The molecule has 1 amide bonds. The smallest absolute Gasteiger partial charge is 0.262 e. The Labute approximate surface area is 170 Å². The molecule has 3 rings (SSSR count). The number of amides is 1. The van der Waals surface area contributed by atoms with E-state index in [1.807, 2.05) is 6.07 Å². The third kappa shape index (κ3) is 5.47. The minimum absolute atomic E-state index is 0.0662. The molecule has 1 fully saturated rings. The number of rotatable bonds is 6. The summed E-state index contributed by atoms with van der Waals surface area (Å²) >= 11 is 6.16. The molecule has 8 heteroatoms. The second-order valence-corrected chi connectivity index (χ2v) is 8.92. The van der Waals surface area contributed by atoms with E-state index in [1.54, 1.807) is 18.2 Å². The minimum atomic E-state index is -3.83. The first kappa shape index (κ1) is 20.6. The van der Waals surface area contributed by atoms with Crippen molar-refractivity contribution in [1.29, 1.82) is 0 Å². The Kier molecular flexibility index (Phi) is 6.59. The number of sulfonamides is 1. The quantitative estimate of drug-likeness (QED) is 0.733. The summed E-state index contributed by atoms with van der Waals surface area (Å²) in [6.07, 6.45) is 5.77. The first-order chi connectivity index (χ1) is 13.3. The summed E-state index contributed by atoms with van der Waals surface area (Å²) in [6.45, 7) is -0.193. The molecule has 1 saturated carbocycles. The Morgan fingerprint density at radius 3 is 2.61 bits per heavy atom. The van der Waals surface area contributed by atoms with Crippen LogP contribution in [0.25, 0.3) is 0 Å². The van der Waals surface area contributed by atoms with Crippen molar-refractivity contribution in [3.05, 3.63) is 53.1 Å². The average molecular weight is 423 g/mol. The van der Waals surface area contributed by atoms with Gasteiger partial charge in [-0.2, -0.15) is 0 Å². The normalized spacial score (nSPS) is 15.2. The highest BCUT2D eigenvalue weighted by atomic mass is 35.5. The van der Waals surface area contributed by atoms with Gasteiger partial charge < -0.3 is 10.1 Å². The largest absolute Gasteiger partial charge is 0.483 e. The predicted molar refractivity (Wildman–Crippen MR) is 109 cm³/mol. The summed E-state index contributed by atoms with van der Waals surface area (Å²) in [5.41, 5.74) is 1.37. The molecule has 150 valence electrons. The van der Waals surface area contributed by atoms with Gasteiger partial charge >= 0.3 is 0 Å². The Hall–Kier alpha value is -2.09. The van der Waals surface area contributed by atoms with E-state index in [0.717, 1.165) is 18.4 Å². The number of hydrogen-bond donors (Lipinski definition) is 2. The zero-order valence-electron chi connectivity index (χ0n) is 15.4. The van der Waals surface area contributed by atoms with E-state index in [0.29, 0.717) is 22.4 Å². The van der Waals surface area contributed by atoms with Crippen LogP contribution in [-0.2, 0) is 14.8 Å². The van der Waals surface area contributed by atoms with E-state index in [-0.39, 0.29) is 11.5 Å². The van der Waals surface area contributed by atoms with Crippen LogP contribution in [0.15, 0.2) is 47.4 Å². The van der Waals surface area contributed by atoms with Gasteiger partial charge in [0, 0.05) is 10.7 Å². The molecule has 0 spiro atoms. The van der Waals surface area contributed by atoms with Crippen LogP contribution in [0.1, 0.15) is 43.6 Å². The molecular weight excluding hydrogens is 400 g/mol. The number of anilines is 1. The molecule has 28 heavy (non-hydrogen) atoms. The van der Waals surface area contributed by atoms with E-state index < -0.39 is 15.9 Å². The number of nitrogens with two attached hydrogens (primary N) is 1. The molecule has 0 aromatic heterocycles. The summed E-state index contributed by atoms with van der Waals surface area (Å²) in [4.78, 5) is 12.2. The van der Waals surface area contributed by atoms with E-state index in [4.69, 9.17) is 21.5 Å². The lowest BCUT2D eigenvalue weighted by molar-refractivity contribution is -0.118. The van der Waals surface area contributed by atoms with Gasteiger partial charge in [-0.15, -0.1) is 0 Å². The lowest BCUT2D eigenvalue weighted by Gasteiger charge is -2.24. The van der Waals surface area contributed by atoms with E-state index in [2.05, 4.69) is 5.32 Å². The molecule has 0 bridgehead atoms. The second-order valence-electron chi connectivity index (χ2n) is 6.93. The summed E-state index contributed by atoms with van der Waals surface area (Å²) in [5.74, 6) is 0.651. The SMILES string of the molecule is NS(=O)(=O)c1cccc(NC(=O)COc2ccc(Cl)cc2C2CCCCC2)c1. The highest BCUT2D eigenvalue weighted by Crippen LogP contribution is 2.38. The minimum Gasteiger partial charge on any atom is -0.483 e. The fraction of sp³-hybridized carbons (Fsp3) is 0.350. The highest BCUT2D eigenvalue weighted by molar-refractivity contribution is 7.89. The van der Waals surface area contributed by atoms with Crippen LogP contribution >= 0.6 is 11.6 Å². The Balaban J connectivity index is 1.66. The number of primary sulfonamides is 1. The number of ether oxygens (including phenoxy) is 1. The van der Waals surface area contributed by atoms with E-state index in [1.165, 1.54) is 37.5 Å². The maximum atomic E-state index is 12.3. The number of hydrogen-bond acceptors (Lipinski definition) is 4. The number of carbonyl (C=O) groups is 1. The van der Waals surface area contributed by atoms with Crippen molar-refractivity contribution in [2.45, 2.75) is 42.9 Å². The number of benzene rings is 2. The highest BCUT2D eigenvalue weighted by Gasteiger charge is 2.20. The predicted octanol–water partition coefficient (Wildman–Crippen LogP) is 4.05. The first-order valence-electron chi connectivity index (χ1n) is 9.18. The van der Waals surface area contributed by atoms with Crippen LogP contribution in [0.3, 0.4) is 0 Å². The van der Waals surface area contributed by atoms with Crippen molar-refractivity contribution in [3.8, 4) is 5.75 Å². The standard InChI is InChI=1S/C20H23ClN2O4S/c21-15-9-10-19(18(11-15)14-5-2-1-3-6-14)27-13-20(24)23-16-7-4-8-17(12-16)28(22,25)26/h4,7-12,14H,1-3,5-6,13H2,(H,23,24)(H2,22,25,26). The van der Waals surface area contributed by atoms with Gasteiger partial charge in [0.25, 0.3) is 5.91 Å². The van der Waals surface area contributed by atoms with Gasteiger partial charge in [0.1, 0.15) is 5.75 Å². The van der Waals surface area contributed by atoms with E-state index in [9.17, 15) is 13.2 Å². The third-order valence-corrected chi connectivity index (χ3v) is 5.97. The van der Waals surface area contributed by atoms with Gasteiger partial charge in [-0.3, -0.25) is 4.79 Å². The molecule has 0 radical (unpaired) electrons. The molecular formula is C20H23ClN2O4S. The van der Waals surface area contributed by atoms with Crippen molar-refractivity contribution in [2.75, 3.05) is 11.9 Å². The maximum Gasteiger partial charge on any atom is 0.262 e.